The summed E-state index contributed by atoms with van der Waals surface area (Å²) >= 11 is 0. The van der Waals surface area contributed by atoms with Gasteiger partial charge in [-0.1, -0.05) is 6.07 Å². The van der Waals surface area contributed by atoms with E-state index in [1.165, 1.54) is 17.8 Å². The number of hydrogen-bond donors (Lipinski definition) is 1. The van der Waals surface area contributed by atoms with Gasteiger partial charge < -0.3 is 9.88 Å². The van der Waals surface area contributed by atoms with Crippen LogP contribution in [0.3, 0.4) is 0 Å². The van der Waals surface area contributed by atoms with Crippen molar-refractivity contribution >= 4 is 5.69 Å². The molecule has 0 unspecified atom stereocenters. The fraction of sp³-hybridized carbons (Fsp3) is 0.267. The van der Waals surface area contributed by atoms with Crippen LogP contribution in [0.1, 0.15) is 16.7 Å². The molecule has 0 aliphatic carbocycles. The number of anilines is 1. The first-order chi connectivity index (χ1) is 9.93. The normalized spacial score (nSPS) is 10.2. The molecular weight excluding hydrogens is 268 g/mol. The van der Waals surface area contributed by atoms with Gasteiger partial charge in [0, 0.05) is 32.5 Å². The first-order valence-corrected chi connectivity index (χ1v) is 6.44. The van der Waals surface area contributed by atoms with Crippen LogP contribution in [0.25, 0.3) is 0 Å². The number of rotatable bonds is 3. The molecule has 1 heterocycles. The van der Waals surface area contributed by atoms with E-state index in [2.05, 4.69) is 11.4 Å². The molecule has 108 valence electrons. The van der Waals surface area contributed by atoms with Crippen LogP contribution < -0.4 is 16.6 Å². The van der Waals surface area contributed by atoms with Gasteiger partial charge in [-0.05, 0) is 24.6 Å². The smallest absolute Gasteiger partial charge is 0.330 e. The van der Waals surface area contributed by atoms with Gasteiger partial charge in [0.25, 0.3) is 5.56 Å². The lowest BCUT2D eigenvalue weighted by molar-refractivity contribution is 0.671. The minimum absolute atomic E-state index is 0.288. The van der Waals surface area contributed by atoms with Crippen LogP contribution in [0.4, 0.5) is 5.69 Å². The Balaban J connectivity index is 2.32. The Labute approximate surface area is 121 Å². The maximum Gasteiger partial charge on any atom is 0.330 e. The van der Waals surface area contributed by atoms with E-state index in [9.17, 15) is 9.59 Å². The molecule has 0 saturated carbocycles. The molecule has 6 heteroatoms. The number of benzene rings is 1. The molecule has 6 nitrogen and oxygen atoms in total. The molecule has 0 radical (unpaired) electrons. The van der Waals surface area contributed by atoms with Crippen molar-refractivity contribution in [1.29, 1.82) is 5.26 Å². The lowest BCUT2D eigenvalue weighted by Gasteiger charge is -2.11. The summed E-state index contributed by atoms with van der Waals surface area (Å²) in [6, 6.07) is 7.41. The Morgan fingerprint density at radius 3 is 2.67 bits per heavy atom. The fourth-order valence-electron chi connectivity index (χ4n) is 2.08. The molecule has 1 aromatic heterocycles. The zero-order valence-corrected chi connectivity index (χ0v) is 12.2. The molecule has 0 bridgehead atoms. The summed E-state index contributed by atoms with van der Waals surface area (Å²) in [5, 5.41) is 12.1. The summed E-state index contributed by atoms with van der Waals surface area (Å²) in [7, 11) is 3.06. The summed E-state index contributed by atoms with van der Waals surface area (Å²) < 4.78 is 2.45. The van der Waals surface area contributed by atoms with Crippen LogP contribution in [0.5, 0.6) is 0 Å². The Kier molecular flexibility index (Phi) is 3.94. The molecule has 0 fully saturated rings. The number of aryl methyl sites for hydroxylation is 2. The summed E-state index contributed by atoms with van der Waals surface area (Å²) in [5.41, 5.74) is 2.14. The van der Waals surface area contributed by atoms with Crippen LogP contribution in [-0.2, 0) is 20.6 Å². The second kappa shape index (κ2) is 5.67. The maximum absolute atomic E-state index is 12.0. The summed E-state index contributed by atoms with van der Waals surface area (Å²) in [6.45, 7) is 2.21. The van der Waals surface area contributed by atoms with Crippen molar-refractivity contribution in [2.75, 3.05) is 5.32 Å². The summed E-state index contributed by atoms with van der Waals surface area (Å²) in [4.78, 5) is 23.7. The zero-order chi connectivity index (χ0) is 15.6. The highest BCUT2D eigenvalue weighted by Crippen LogP contribution is 2.16. The second-order valence-electron chi connectivity index (χ2n) is 4.91. The number of nitriles is 1. The van der Waals surface area contributed by atoms with Gasteiger partial charge in [-0.2, -0.15) is 5.26 Å². The van der Waals surface area contributed by atoms with Gasteiger partial charge in [-0.3, -0.25) is 9.36 Å². The standard InChI is InChI=1S/C15H16N4O2/c1-10-4-5-11(7-16)6-13(10)17-8-12-9-18(2)15(21)19(3)14(12)20/h4-6,9,17H,8H2,1-3H3. The first-order valence-electron chi connectivity index (χ1n) is 6.44. The molecule has 0 atom stereocenters. The van der Waals surface area contributed by atoms with Crippen molar-refractivity contribution in [2.24, 2.45) is 14.1 Å². The third kappa shape index (κ3) is 2.87. The highest BCUT2D eigenvalue weighted by atomic mass is 16.2. The van der Waals surface area contributed by atoms with Crippen molar-refractivity contribution in [3.63, 3.8) is 0 Å². The van der Waals surface area contributed by atoms with Crippen LogP contribution in [-0.4, -0.2) is 9.13 Å². The third-order valence-corrected chi connectivity index (χ3v) is 3.35. The topological polar surface area (TPSA) is 79.8 Å². The van der Waals surface area contributed by atoms with Crippen LogP contribution in [0.15, 0.2) is 34.0 Å². The lowest BCUT2D eigenvalue weighted by atomic mass is 10.1. The molecule has 0 saturated heterocycles. The molecule has 1 N–H and O–H groups in total. The molecule has 0 amide bonds. The minimum atomic E-state index is -0.355. The first kappa shape index (κ1) is 14.6. The molecule has 0 aliphatic heterocycles. The van der Waals surface area contributed by atoms with Gasteiger partial charge in [0.15, 0.2) is 0 Å². The van der Waals surface area contributed by atoms with Gasteiger partial charge in [-0.15, -0.1) is 0 Å². The molecule has 2 aromatic rings. The summed E-state index contributed by atoms with van der Waals surface area (Å²) in [5.74, 6) is 0. The van der Waals surface area contributed by atoms with E-state index in [0.717, 1.165) is 15.8 Å². The van der Waals surface area contributed by atoms with Crippen LogP contribution in [0.2, 0.25) is 0 Å². The van der Waals surface area contributed by atoms with Crippen molar-refractivity contribution < 1.29 is 0 Å². The van der Waals surface area contributed by atoms with E-state index in [1.54, 1.807) is 19.2 Å². The Hall–Kier alpha value is -2.81. The predicted octanol–water partition coefficient (Wildman–Crippen LogP) is 0.876. The predicted molar refractivity (Wildman–Crippen MR) is 80.1 cm³/mol. The largest absolute Gasteiger partial charge is 0.380 e. The monoisotopic (exact) mass is 284 g/mol. The molecule has 0 spiro atoms. The van der Waals surface area contributed by atoms with E-state index in [4.69, 9.17) is 5.26 Å². The Bertz CT molecular complexity index is 840. The highest BCUT2D eigenvalue weighted by molar-refractivity contribution is 5.55. The van der Waals surface area contributed by atoms with Gasteiger partial charge in [0.05, 0.1) is 17.2 Å². The fourth-order valence-corrected chi connectivity index (χ4v) is 2.08. The van der Waals surface area contributed by atoms with E-state index < -0.39 is 0 Å². The zero-order valence-electron chi connectivity index (χ0n) is 12.2. The SMILES string of the molecule is Cc1ccc(C#N)cc1NCc1cn(C)c(=O)n(C)c1=O. The lowest BCUT2D eigenvalue weighted by Crippen LogP contribution is -2.38. The average molecular weight is 284 g/mol. The third-order valence-electron chi connectivity index (χ3n) is 3.35. The van der Waals surface area contributed by atoms with E-state index in [0.29, 0.717) is 11.1 Å². The number of nitrogens with one attached hydrogen (secondary N) is 1. The molecule has 0 aliphatic rings. The van der Waals surface area contributed by atoms with Crippen LogP contribution >= 0.6 is 0 Å². The second-order valence-corrected chi connectivity index (χ2v) is 4.91. The van der Waals surface area contributed by atoms with Crippen molar-refractivity contribution in [1.82, 2.24) is 9.13 Å². The van der Waals surface area contributed by atoms with Crippen molar-refractivity contribution in [3.05, 3.63) is 61.9 Å². The quantitative estimate of drug-likeness (QED) is 0.907. The van der Waals surface area contributed by atoms with Crippen LogP contribution in [0, 0.1) is 18.3 Å². The van der Waals surface area contributed by atoms with Gasteiger partial charge in [0.2, 0.25) is 0 Å². The Morgan fingerprint density at radius 1 is 1.29 bits per heavy atom. The van der Waals surface area contributed by atoms with E-state index in [-0.39, 0.29) is 17.8 Å². The average Bonchev–Trinajstić information content (AvgIpc) is 2.49. The van der Waals surface area contributed by atoms with E-state index >= 15 is 0 Å². The van der Waals surface area contributed by atoms with Gasteiger partial charge >= 0.3 is 5.69 Å². The maximum atomic E-state index is 12.0. The van der Waals surface area contributed by atoms with Gasteiger partial charge in [-0.25, -0.2) is 4.79 Å². The van der Waals surface area contributed by atoms with Crippen molar-refractivity contribution in [2.45, 2.75) is 13.5 Å². The minimum Gasteiger partial charge on any atom is -0.380 e. The van der Waals surface area contributed by atoms with Gasteiger partial charge in [0.1, 0.15) is 0 Å². The molecule has 1 aromatic carbocycles. The molecule has 2 rings (SSSR count). The number of nitrogens with zero attached hydrogens (tertiary/aromatic N) is 3. The number of hydrogen-bond acceptors (Lipinski definition) is 4. The number of aromatic nitrogens is 2. The van der Waals surface area contributed by atoms with Crippen molar-refractivity contribution in [3.8, 4) is 6.07 Å². The molecular formula is C15H16N4O2. The highest BCUT2D eigenvalue weighted by Gasteiger charge is 2.07. The molecule has 21 heavy (non-hydrogen) atoms. The van der Waals surface area contributed by atoms with E-state index in [1.807, 2.05) is 13.0 Å². The Morgan fingerprint density at radius 2 is 2.00 bits per heavy atom. The summed E-state index contributed by atoms with van der Waals surface area (Å²) in [6.07, 6.45) is 1.53.